The van der Waals surface area contributed by atoms with Crippen molar-refractivity contribution in [3.63, 3.8) is 0 Å². The molecule has 0 rings (SSSR count). The van der Waals surface area contributed by atoms with E-state index in [0.29, 0.717) is 31.6 Å². The van der Waals surface area contributed by atoms with Crippen LogP contribution in [0.4, 0.5) is 0 Å². The highest BCUT2D eigenvalue weighted by atomic mass is 16.3. The molecule has 0 atom stereocenters. The van der Waals surface area contributed by atoms with E-state index >= 15 is 0 Å². The van der Waals surface area contributed by atoms with Crippen LogP contribution in [-0.4, -0.2) is 42.2 Å². The molecule has 0 aliphatic carbocycles. The number of aliphatic hydroxyl groups is 1. The number of hydrogen-bond donors (Lipinski definition) is 2. The molecule has 0 fully saturated rings. The lowest BCUT2D eigenvalue weighted by atomic mass is 10.2. The predicted molar refractivity (Wildman–Crippen MR) is 56.8 cm³/mol. The Morgan fingerprint density at radius 1 is 1.43 bits per heavy atom. The fourth-order valence-corrected chi connectivity index (χ4v) is 1.13. The Labute approximate surface area is 85.4 Å². The van der Waals surface area contributed by atoms with Gasteiger partial charge in [0.05, 0.1) is 0 Å². The van der Waals surface area contributed by atoms with Crippen molar-refractivity contribution in [3.8, 4) is 0 Å². The molecule has 0 bridgehead atoms. The van der Waals surface area contributed by atoms with Crippen molar-refractivity contribution < 1.29 is 9.90 Å². The minimum Gasteiger partial charge on any atom is -0.396 e. The minimum atomic E-state index is -0.0492. The van der Waals surface area contributed by atoms with Crippen molar-refractivity contribution in [2.75, 3.05) is 26.2 Å². The zero-order valence-electron chi connectivity index (χ0n) is 8.83. The maximum absolute atomic E-state index is 11.6. The Morgan fingerprint density at radius 2 is 2.00 bits per heavy atom. The Hall–Kier alpha value is -0.870. The molecule has 0 unspecified atom stereocenters. The van der Waals surface area contributed by atoms with Crippen LogP contribution in [0.5, 0.6) is 0 Å². The largest absolute Gasteiger partial charge is 0.396 e. The van der Waals surface area contributed by atoms with E-state index in [2.05, 4.69) is 6.58 Å². The van der Waals surface area contributed by atoms with Gasteiger partial charge >= 0.3 is 0 Å². The van der Waals surface area contributed by atoms with Crippen LogP contribution in [0.1, 0.15) is 19.8 Å². The summed E-state index contributed by atoms with van der Waals surface area (Å²) in [7, 11) is 0. The first kappa shape index (κ1) is 13.1. The second-order valence-electron chi connectivity index (χ2n) is 3.29. The molecule has 0 heterocycles. The molecule has 0 saturated heterocycles. The fourth-order valence-electron chi connectivity index (χ4n) is 1.13. The Bertz CT molecular complexity index is 185. The van der Waals surface area contributed by atoms with Crippen LogP contribution < -0.4 is 5.73 Å². The van der Waals surface area contributed by atoms with E-state index in [9.17, 15) is 4.79 Å². The van der Waals surface area contributed by atoms with Gasteiger partial charge in [0.1, 0.15) is 0 Å². The first-order chi connectivity index (χ1) is 6.63. The molecule has 4 nitrogen and oxygen atoms in total. The van der Waals surface area contributed by atoms with E-state index < -0.39 is 0 Å². The lowest BCUT2D eigenvalue weighted by molar-refractivity contribution is -0.127. The number of rotatable bonds is 7. The van der Waals surface area contributed by atoms with Gasteiger partial charge < -0.3 is 15.7 Å². The second-order valence-corrected chi connectivity index (χ2v) is 3.29. The van der Waals surface area contributed by atoms with Gasteiger partial charge in [0.25, 0.3) is 0 Å². The molecular formula is C10H20N2O2. The van der Waals surface area contributed by atoms with Gasteiger partial charge in [-0.25, -0.2) is 0 Å². The molecule has 0 spiro atoms. The second kappa shape index (κ2) is 7.53. The fraction of sp³-hybridized carbons (Fsp3) is 0.700. The highest BCUT2D eigenvalue weighted by Gasteiger charge is 2.12. The number of hydrogen-bond acceptors (Lipinski definition) is 3. The summed E-state index contributed by atoms with van der Waals surface area (Å²) in [5.41, 5.74) is 5.90. The van der Waals surface area contributed by atoms with Gasteiger partial charge in [0.2, 0.25) is 5.91 Å². The molecule has 0 radical (unpaired) electrons. The molecule has 1 amide bonds. The maximum atomic E-state index is 11.6. The number of amides is 1. The Balaban J connectivity index is 4.08. The molecule has 0 aromatic rings. The van der Waals surface area contributed by atoms with Crippen LogP contribution in [0.15, 0.2) is 12.2 Å². The first-order valence-corrected chi connectivity index (χ1v) is 4.89. The molecule has 0 aliphatic heterocycles. The summed E-state index contributed by atoms with van der Waals surface area (Å²) in [6.07, 6.45) is 1.38. The molecule has 0 aliphatic rings. The summed E-state index contributed by atoms with van der Waals surface area (Å²) in [6, 6.07) is 0. The van der Waals surface area contributed by atoms with E-state index in [1.807, 2.05) is 0 Å². The van der Waals surface area contributed by atoms with Gasteiger partial charge in [-0.15, -0.1) is 0 Å². The van der Waals surface area contributed by atoms with Gasteiger partial charge in [-0.2, -0.15) is 0 Å². The highest BCUT2D eigenvalue weighted by Crippen LogP contribution is 2.01. The number of nitrogens with zero attached hydrogens (tertiary/aromatic N) is 1. The summed E-state index contributed by atoms with van der Waals surface area (Å²) in [6.45, 7) is 7.18. The van der Waals surface area contributed by atoms with E-state index in [4.69, 9.17) is 10.8 Å². The number of nitrogens with two attached hydrogens (primary N) is 1. The molecule has 0 aromatic heterocycles. The zero-order chi connectivity index (χ0) is 11.0. The topological polar surface area (TPSA) is 66.6 Å². The highest BCUT2D eigenvalue weighted by molar-refractivity contribution is 5.92. The van der Waals surface area contributed by atoms with Crippen molar-refractivity contribution in [2.45, 2.75) is 19.8 Å². The molecule has 0 aromatic carbocycles. The third kappa shape index (κ3) is 4.99. The van der Waals surface area contributed by atoms with Crippen molar-refractivity contribution in [1.82, 2.24) is 4.90 Å². The molecule has 4 heteroatoms. The van der Waals surface area contributed by atoms with E-state index in [0.717, 1.165) is 6.42 Å². The quantitative estimate of drug-likeness (QED) is 0.574. The summed E-state index contributed by atoms with van der Waals surface area (Å²) in [5, 5.41) is 8.68. The number of carbonyl (C=O) groups excluding carboxylic acids is 1. The summed E-state index contributed by atoms with van der Waals surface area (Å²) < 4.78 is 0. The van der Waals surface area contributed by atoms with Gasteiger partial charge in [-0.05, 0) is 26.3 Å². The van der Waals surface area contributed by atoms with Crippen LogP contribution in [0, 0.1) is 0 Å². The number of carbonyl (C=O) groups is 1. The summed E-state index contributed by atoms with van der Waals surface area (Å²) in [4.78, 5) is 13.2. The molecule has 3 N–H and O–H groups in total. The van der Waals surface area contributed by atoms with Gasteiger partial charge in [-0.1, -0.05) is 6.58 Å². The SMILES string of the molecule is C=C(C)C(=O)N(CCCN)CCCO. The number of aliphatic hydroxyl groups excluding tert-OH is 1. The molecular weight excluding hydrogens is 180 g/mol. The molecule has 82 valence electrons. The minimum absolute atomic E-state index is 0.0492. The van der Waals surface area contributed by atoms with Crippen LogP contribution in [0.3, 0.4) is 0 Å². The average Bonchev–Trinajstić information content (AvgIpc) is 2.17. The average molecular weight is 200 g/mol. The van der Waals surface area contributed by atoms with Gasteiger partial charge in [0, 0.05) is 25.3 Å². The molecule has 0 saturated carbocycles. The van der Waals surface area contributed by atoms with E-state index in [1.165, 1.54) is 0 Å². The van der Waals surface area contributed by atoms with Crippen molar-refractivity contribution in [1.29, 1.82) is 0 Å². The van der Waals surface area contributed by atoms with Crippen LogP contribution in [0.25, 0.3) is 0 Å². The standard InChI is InChI=1S/C10H20N2O2/c1-9(2)10(14)12(6-3-5-11)7-4-8-13/h13H,1,3-8,11H2,2H3. The van der Waals surface area contributed by atoms with Crippen LogP contribution >= 0.6 is 0 Å². The molecule has 14 heavy (non-hydrogen) atoms. The monoisotopic (exact) mass is 200 g/mol. The zero-order valence-corrected chi connectivity index (χ0v) is 8.83. The van der Waals surface area contributed by atoms with Gasteiger partial charge in [0.15, 0.2) is 0 Å². The third-order valence-corrected chi connectivity index (χ3v) is 1.87. The van der Waals surface area contributed by atoms with Crippen molar-refractivity contribution in [3.05, 3.63) is 12.2 Å². The van der Waals surface area contributed by atoms with Gasteiger partial charge in [-0.3, -0.25) is 4.79 Å². The smallest absolute Gasteiger partial charge is 0.248 e. The third-order valence-electron chi connectivity index (χ3n) is 1.87. The predicted octanol–water partition coefficient (Wildman–Crippen LogP) is 0.122. The maximum Gasteiger partial charge on any atom is 0.248 e. The first-order valence-electron chi connectivity index (χ1n) is 4.89. The van der Waals surface area contributed by atoms with Crippen LogP contribution in [0.2, 0.25) is 0 Å². The normalized spacial score (nSPS) is 9.93. The summed E-state index contributed by atoms with van der Waals surface area (Å²) >= 11 is 0. The van der Waals surface area contributed by atoms with E-state index in [1.54, 1.807) is 11.8 Å². The Morgan fingerprint density at radius 3 is 2.43 bits per heavy atom. The van der Waals surface area contributed by atoms with E-state index in [-0.39, 0.29) is 12.5 Å². The lowest BCUT2D eigenvalue weighted by Gasteiger charge is -2.22. The summed E-state index contributed by atoms with van der Waals surface area (Å²) in [5.74, 6) is -0.0492. The lowest BCUT2D eigenvalue weighted by Crippen LogP contribution is -2.34. The van der Waals surface area contributed by atoms with Crippen molar-refractivity contribution >= 4 is 5.91 Å². The van der Waals surface area contributed by atoms with Crippen LogP contribution in [-0.2, 0) is 4.79 Å². The Kier molecular flexibility index (Phi) is 7.06. The van der Waals surface area contributed by atoms with Crippen molar-refractivity contribution in [2.24, 2.45) is 5.73 Å².